The monoisotopic (exact) mass is 425 g/mol. The SMILES string of the molecule is COc1ccc(-c2nn(-c3ccccc3)cc2C=NNc2nc3ccccc3s2)cc1. The highest BCUT2D eigenvalue weighted by Crippen LogP contribution is 2.27. The third-order valence-electron chi connectivity index (χ3n) is 4.78. The average Bonchev–Trinajstić information content (AvgIpc) is 3.44. The predicted molar refractivity (Wildman–Crippen MR) is 126 cm³/mol. The maximum atomic E-state index is 5.28. The second-order valence-electron chi connectivity index (χ2n) is 6.80. The third-order valence-corrected chi connectivity index (χ3v) is 5.73. The summed E-state index contributed by atoms with van der Waals surface area (Å²) in [5, 5.41) is 9.99. The third kappa shape index (κ3) is 4.04. The van der Waals surface area contributed by atoms with Crippen LogP contribution in [0.2, 0.25) is 0 Å². The van der Waals surface area contributed by atoms with Crippen molar-refractivity contribution in [3.63, 3.8) is 0 Å². The van der Waals surface area contributed by atoms with Gasteiger partial charge in [0.05, 0.1) is 29.2 Å². The highest BCUT2D eigenvalue weighted by Gasteiger charge is 2.11. The first-order valence-electron chi connectivity index (χ1n) is 9.74. The Bertz CT molecular complexity index is 1310. The highest BCUT2D eigenvalue weighted by atomic mass is 32.1. The molecule has 6 nitrogen and oxygen atoms in total. The van der Waals surface area contributed by atoms with Gasteiger partial charge in [0, 0.05) is 17.3 Å². The van der Waals surface area contributed by atoms with Gasteiger partial charge in [0.1, 0.15) is 11.4 Å². The fraction of sp³-hybridized carbons (Fsp3) is 0.0417. The molecular weight excluding hydrogens is 406 g/mol. The van der Waals surface area contributed by atoms with Crippen molar-refractivity contribution in [1.29, 1.82) is 0 Å². The molecule has 0 unspecified atom stereocenters. The molecule has 0 radical (unpaired) electrons. The van der Waals surface area contributed by atoms with Crippen LogP contribution in [0, 0.1) is 0 Å². The largest absolute Gasteiger partial charge is 0.497 e. The number of hydrogen-bond acceptors (Lipinski definition) is 6. The van der Waals surface area contributed by atoms with E-state index in [-0.39, 0.29) is 0 Å². The summed E-state index contributed by atoms with van der Waals surface area (Å²) in [7, 11) is 1.66. The zero-order valence-electron chi connectivity index (χ0n) is 16.8. The van der Waals surface area contributed by atoms with Crippen molar-refractivity contribution in [3.8, 4) is 22.7 Å². The van der Waals surface area contributed by atoms with E-state index in [1.54, 1.807) is 24.7 Å². The fourth-order valence-corrected chi connectivity index (χ4v) is 4.06. The first kappa shape index (κ1) is 19.0. The van der Waals surface area contributed by atoms with Crippen LogP contribution in [0.3, 0.4) is 0 Å². The van der Waals surface area contributed by atoms with E-state index in [0.29, 0.717) is 0 Å². The number of nitrogens with zero attached hydrogens (tertiary/aromatic N) is 4. The smallest absolute Gasteiger partial charge is 0.204 e. The molecule has 0 saturated heterocycles. The molecule has 152 valence electrons. The van der Waals surface area contributed by atoms with Gasteiger partial charge in [-0.05, 0) is 48.5 Å². The number of ether oxygens (including phenoxy) is 1. The van der Waals surface area contributed by atoms with E-state index >= 15 is 0 Å². The van der Waals surface area contributed by atoms with Crippen LogP contribution in [0.5, 0.6) is 5.75 Å². The van der Waals surface area contributed by atoms with Crippen LogP contribution in [0.1, 0.15) is 5.56 Å². The Morgan fingerprint density at radius 3 is 2.52 bits per heavy atom. The molecule has 7 heteroatoms. The van der Waals surface area contributed by atoms with Gasteiger partial charge in [-0.3, -0.25) is 5.43 Å². The van der Waals surface area contributed by atoms with Crippen LogP contribution < -0.4 is 10.2 Å². The Hall–Kier alpha value is -3.97. The van der Waals surface area contributed by atoms with Gasteiger partial charge >= 0.3 is 0 Å². The molecule has 0 saturated carbocycles. The second kappa shape index (κ2) is 8.41. The minimum Gasteiger partial charge on any atom is -0.497 e. The molecule has 0 bridgehead atoms. The van der Waals surface area contributed by atoms with Crippen molar-refractivity contribution in [1.82, 2.24) is 14.8 Å². The molecule has 31 heavy (non-hydrogen) atoms. The van der Waals surface area contributed by atoms with Gasteiger partial charge < -0.3 is 4.74 Å². The first-order valence-corrected chi connectivity index (χ1v) is 10.6. The van der Waals surface area contributed by atoms with E-state index in [4.69, 9.17) is 9.84 Å². The van der Waals surface area contributed by atoms with E-state index in [0.717, 1.165) is 43.6 Å². The Morgan fingerprint density at radius 1 is 0.968 bits per heavy atom. The minimum atomic E-state index is 0.749. The lowest BCUT2D eigenvalue weighted by atomic mass is 10.1. The van der Waals surface area contributed by atoms with E-state index in [1.165, 1.54) is 0 Å². The van der Waals surface area contributed by atoms with Crippen molar-refractivity contribution in [2.45, 2.75) is 0 Å². The lowest BCUT2D eigenvalue weighted by molar-refractivity contribution is 0.415. The van der Waals surface area contributed by atoms with E-state index in [2.05, 4.69) is 15.5 Å². The van der Waals surface area contributed by atoms with Gasteiger partial charge in [0.2, 0.25) is 5.13 Å². The summed E-state index contributed by atoms with van der Waals surface area (Å²) in [6, 6.07) is 25.9. The Labute approximate surface area is 183 Å². The molecule has 0 amide bonds. The van der Waals surface area contributed by atoms with Gasteiger partial charge in [-0.15, -0.1) is 0 Å². The number of para-hydroxylation sites is 2. The van der Waals surface area contributed by atoms with Crippen LogP contribution in [0.25, 0.3) is 27.2 Å². The van der Waals surface area contributed by atoms with Crippen LogP contribution in [-0.4, -0.2) is 28.1 Å². The van der Waals surface area contributed by atoms with Gasteiger partial charge in [-0.25, -0.2) is 9.67 Å². The van der Waals surface area contributed by atoms with Gasteiger partial charge in [-0.2, -0.15) is 10.2 Å². The second-order valence-corrected chi connectivity index (χ2v) is 7.83. The molecule has 0 aliphatic rings. The number of hydrazone groups is 1. The molecule has 0 atom stereocenters. The average molecular weight is 426 g/mol. The number of thiazole rings is 1. The highest BCUT2D eigenvalue weighted by molar-refractivity contribution is 7.22. The Kier molecular flexibility index (Phi) is 5.16. The number of benzene rings is 3. The molecule has 0 aliphatic heterocycles. The van der Waals surface area contributed by atoms with Crippen molar-refractivity contribution in [3.05, 3.63) is 90.6 Å². The lowest BCUT2D eigenvalue weighted by Gasteiger charge is -2.02. The number of hydrogen-bond donors (Lipinski definition) is 1. The number of fused-ring (bicyclic) bond motifs is 1. The van der Waals surface area contributed by atoms with Crippen molar-refractivity contribution in [2.24, 2.45) is 5.10 Å². The number of anilines is 1. The molecule has 0 spiro atoms. The van der Waals surface area contributed by atoms with Crippen LogP contribution in [0.4, 0.5) is 5.13 Å². The maximum Gasteiger partial charge on any atom is 0.204 e. The van der Waals surface area contributed by atoms with E-state index in [9.17, 15) is 0 Å². The molecule has 2 heterocycles. The van der Waals surface area contributed by atoms with Gasteiger partial charge in [0.25, 0.3) is 0 Å². The van der Waals surface area contributed by atoms with Crippen molar-refractivity contribution in [2.75, 3.05) is 12.5 Å². The molecule has 1 N–H and O–H groups in total. The van der Waals surface area contributed by atoms with E-state index < -0.39 is 0 Å². The Morgan fingerprint density at radius 2 is 1.74 bits per heavy atom. The van der Waals surface area contributed by atoms with Gasteiger partial charge in [-0.1, -0.05) is 41.7 Å². The summed E-state index contributed by atoms with van der Waals surface area (Å²) in [6.07, 6.45) is 3.75. The van der Waals surface area contributed by atoms with Crippen LogP contribution in [-0.2, 0) is 0 Å². The summed E-state index contributed by atoms with van der Waals surface area (Å²) >= 11 is 1.57. The molecule has 0 aliphatic carbocycles. The zero-order valence-corrected chi connectivity index (χ0v) is 17.6. The topological polar surface area (TPSA) is 64.3 Å². The van der Waals surface area contributed by atoms with Crippen LogP contribution >= 0.6 is 11.3 Å². The molecule has 3 aromatic carbocycles. The number of rotatable bonds is 6. The lowest BCUT2D eigenvalue weighted by Crippen LogP contribution is -1.94. The summed E-state index contributed by atoms with van der Waals surface area (Å²) in [6.45, 7) is 0. The number of methoxy groups -OCH3 is 1. The standard InChI is InChI=1S/C24H19N5OS/c1-30-20-13-11-17(12-14-20)23-18(16-29(28-23)19-7-3-2-4-8-19)15-25-27-24-26-21-9-5-6-10-22(21)31-24/h2-16H,1H3,(H,26,27). The quantitative estimate of drug-likeness (QED) is 0.284. The summed E-state index contributed by atoms with van der Waals surface area (Å²) in [5.41, 5.74) is 7.70. The van der Waals surface area contributed by atoms with Gasteiger partial charge in [0.15, 0.2) is 0 Å². The molecule has 2 aromatic heterocycles. The fourth-order valence-electron chi connectivity index (χ4n) is 3.25. The summed E-state index contributed by atoms with van der Waals surface area (Å²) in [5.74, 6) is 0.805. The first-order chi connectivity index (χ1) is 15.3. The van der Waals surface area contributed by atoms with Crippen molar-refractivity contribution >= 4 is 32.9 Å². The molecule has 5 rings (SSSR count). The number of aromatic nitrogens is 3. The number of nitrogens with one attached hydrogen (secondary N) is 1. The van der Waals surface area contributed by atoms with Crippen molar-refractivity contribution < 1.29 is 4.74 Å². The normalized spacial score (nSPS) is 11.3. The molecular formula is C24H19N5OS. The zero-order chi connectivity index (χ0) is 21.0. The summed E-state index contributed by atoms with van der Waals surface area (Å²) in [4.78, 5) is 4.56. The van der Waals surface area contributed by atoms with Crippen LogP contribution in [0.15, 0.2) is 90.2 Å². The Balaban J connectivity index is 1.47. The maximum absolute atomic E-state index is 5.28. The van der Waals surface area contributed by atoms with E-state index in [1.807, 2.05) is 89.7 Å². The predicted octanol–water partition coefficient (Wildman–Crippen LogP) is 5.60. The molecule has 0 fully saturated rings. The molecule has 5 aromatic rings. The summed E-state index contributed by atoms with van der Waals surface area (Å²) < 4.78 is 8.26. The minimum absolute atomic E-state index is 0.749.